The summed E-state index contributed by atoms with van der Waals surface area (Å²) in [5.74, 6) is 0. The number of sulfonamides is 1. The highest BCUT2D eigenvalue weighted by molar-refractivity contribution is 7.89. The summed E-state index contributed by atoms with van der Waals surface area (Å²) in [6.45, 7) is 4.91. The SMILES string of the molecule is Cc1nn(C)c(C)c1S(=O)(=O)N1CCCN(C(=O)Nc2cccc3ccccc23)CC1. The van der Waals surface area contributed by atoms with E-state index in [4.69, 9.17) is 0 Å². The van der Waals surface area contributed by atoms with Gasteiger partial charge in [-0.2, -0.15) is 9.40 Å². The number of nitrogens with zero attached hydrogens (tertiary/aromatic N) is 4. The molecule has 2 amide bonds. The van der Waals surface area contributed by atoms with E-state index in [1.54, 1.807) is 30.5 Å². The van der Waals surface area contributed by atoms with Gasteiger partial charge < -0.3 is 10.2 Å². The minimum absolute atomic E-state index is 0.218. The molecule has 0 saturated carbocycles. The predicted octanol–water partition coefficient (Wildman–Crippen LogP) is 3.12. The largest absolute Gasteiger partial charge is 0.323 e. The van der Waals surface area contributed by atoms with Crippen LogP contribution in [0, 0.1) is 13.8 Å². The zero-order valence-corrected chi connectivity index (χ0v) is 18.8. The van der Waals surface area contributed by atoms with Crippen LogP contribution in [0.1, 0.15) is 17.8 Å². The lowest BCUT2D eigenvalue weighted by Crippen LogP contribution is -2.39. The highest BCUT2D eigenvalue weighted by atomic mass is 32.2. The number of amides is 2. The van der Waals surface area contributed by atoms with E-state index in [1.807, 2.05) is 42.5 Å². The predicted molar refractivity (Wildman–Crippen MR) is 121 cm³/mol. The quantitative estimate of drug-likeness (QED) is 0.677. The second-order valence-electron chi connectivity index (χ2n) is 7.83. The lowest BCUT2D eigenvalue weighted by Gasteiger charge is -2.22. The van der Waals surface area contributed by atoms with Crippen molar-refractivity contribution in [3.8, 4) is 0 Å². The van der Waals surface area contributed by atoms with Gasteiger partial charge in [0.05, 0.1) is 17.1 Å². The Morgan fingerprint density at radius 2 is 1.74 bits per heavy atom. The van der Waals surface area contributed by atoms with Crippen molar-refractivity contribution < 1.29 is 13.2 Å². The molecule has 0 spiro atoms. The van der Waals surface area contributed by atoms with Gasteiger partial charge in [0.2, 0.25) is 10.0 Å². The second-order valence-corrected chi connectivity index (χ2v) is 9.70. The van der Waals surface area contributed by atoms with E-state index in [-0.39, 0.29) is 17.5 Å². The van der Waals surface area contributed by atoms with Crippen molar-refractivity contribution in [3.05, 3.63) is 53.9 Å². The molecular formula is C22H27N5O3S. The summed E-state index contributed by atoms with van der Waals surface area (Å²) in [6, 6.07) is 13.4. The number of carbonyl (C=O) groups is 1. The molecular weight excluding hydrogens is 414 g/mol. The van der Waals surface area contributed by atoms with Crippen molar-refractivity contribution in [2.24, 2.45) is 7.05 Å². The molecule has 2 heterocycles. The van der Waals surface area contributed by atoms with E-state index < -0.39 is 10.0 Å². The zero-order chi connectivity index (χ0) is 22.2. The van der Waals surface area contributed by atoms with Crippen LogP contribution in [0.3, 0.4) is 0 Å². The molecule has 1 aromatic heterocycles. The van der Waals surface area contributed by atoms with Gasteiger partial charge in [0.15, 0.2) is 0 Å². The molecule has 1 fully saturated rings. The standard InChI is InChI=1S/C22H27N5O3S/c1-16-21(17(2)25(3)24-16)31(29,30)27-13-7-12-26(14-15-27)22(28)23-20-11-6-9-18-8-4-5-10-19(18)20/h4-6,8-11H,7,12-15H2,1-3H3,(H,23,28). The first-order valence-corrected chi connectivity index (χ1v) is 11.8. The number of carbonyl (C=O) groups excluding carboxylic acids is 1. The van der Waals surface area contributed by atoms with E-state index >= 15 is 0 Å². The van der Waals surface area contributed by atoms with Crippen LogP contribution in [0.5, 0.6) is 0 Å². The number of hydrogen-bond donors (Lipinski definition) is 1. The molecule has 0 aliphatic carbocycles. The monoisotopic (exact) mass is 441 g/mol. The first kappa shape index (κ1) is 21.3. The number of nitrogens with one attached hydrogen (secondary N) is 1. The van der Waals surface area contributed by atoms with Crippen molar-refractivity contribution >= 4 is 32.5 Å². The zero-order valence-electron chi connectivity index (χ0n) is 18.0. The van der Waals surface area contributed by atoms with Gasteiger partial charge in [-0.05, 0) is 31.7 Å². The van der Waals surface area contributed by atoms with Gasteiger partial charge in [-0.3, -0.25) is 4.68 Å². The van der Waals surface area contributed by atoms with Crippen LogP contribution in [0.2, 0.25) is 0 Å². The van der Waals surface area contributed by atoms with Crippen LogP contribution in [0.15, 0.2) is 47.4 Å². The van der Waals surface area contributed by atoms with Crippen molar-refractivity contribution in [2.45, 2.75) is 25.2 Å². The molecule has 1 aliphatic heterocycles. The number of benzene rings is 2. The molecule has 2 aromatic carbocycles. The summed E-state index contributed by atoms with van der Waals surface area (Å²) in [4.78, 5) is 14.9. The summed E-state index contributed by atoms with van der Waals surface area (Å²) < 4.78 is 29.6. The van der Waals surface area contributed by atoms with Crippen molar-refractivity contribution in [1.82, 2.24) is 19.0 Å². The third-order valence-electron chi connectivity index (χ3n) is 5.81. The summed E-state index contributed by atoms with van der Waals surface area (Å²) in [5, 5.41) is 9.26. The van der Waals surface area contributed by atoms with Crippen LogP contribution in [0.25, 0.3) is 10.8 Å². The molecule has 3 aromatic rings. The Morgan fingerprint density at radius 1 is 1.00 bits per heavy atom. The number of urea groups is 1. The molecule has 8 nitrogen and oxygen atoms in total. The number of aryl methyl sites for hydroxylation is 2. The maximum absolute atomic E-state index is 13.3. The fourth-order valence-corrected chi connectivity index (χ4v) is 5.99. The number of hydrogen-bond acceptors (Lipinski definition) is 4. The Morgan fingerprint density at radius 3 is 2.48 bits per heavy atom. The van der Waals surface area contributed by atoms with E-state index in [1.165, 1.54) is 4.31 Å². The Kier molecular flexibility index (Phi) is 5.72. The molecule has 0 atom stereocenters. The number of fused-ring (bicyclic) bond motifs is 1. The molecule has 1 saturated heterocycles. The van der Waals surface area contributed by atoms with E-state index in [2.05, 4.69) is 10.4 Å². The average molecular weight is 442 g/mol. The third-order valence-corrected chi connectivity index (χ3v) is 7.97. The molecule has 31 heavy (non-hydrogen) atoms. The summed E-state index contributed by atoms with van der Waals surface area (Å²) >= 11 is 0. The third kappa shape index (κ3) is 4.03. The maximum Gasteiger partial charge on any atom is 0.321 e. The fraction of sp³-hybridized carbons (Fsp3) is 0.364. The van der Waals surface area contributed by atoms with E-state index in [0.29, 0.717) is 37.4 Å². The number of anilines is 1. The molecule has 9 heteroatoms. The topological polar surface area (TPSA) is 87.5 Å². The first-order chi connectivity index (χ1) is 14.8. The molecule has 1 N–H and O–H groups in total. The Hall–Kier alpha value is -2.91. The second kappa shape index (κ2) is 8.32. The molecule has 0 bridgehead atoms. The van der Waals surface area contributed by atoms with Crippen LogP contribution >= 0.6 is 0 Å². The lowest BCUT2D eigenvalue weighted by atomic mass is 10.1. The molecule has 1 aliphatic rings. The molecule has 0 radical (unpaired) electrons. The highest BCUT2D eigenvalue weighted by Crippen LogP contribution is 2.25. The number of rotatable bonds is 3. The lowest BCUT2D eigenvalue weighted by molar-refractivity contribution is 0.214. The Bertz CT molecular complexity index is 1230. The summed E-state index contributed by atoms with van der Waals surface area (Å²) in [5.41, 5.74) is 1.86. The van der Waals surface area contributed by atoms with Crippen LogP contribution in [-0.4, -0.2) is 59.6 Å². The van der Waals surface area contributed by atoms with E-state index in [9.17, 15) is 13.2 Å². The smallest absolute Gasteiger partial charge is 0.321 e. The molecule has 4 rings (SSSR count). The molecule has 0 unspecified atom stereocenters. The van der Waals surface area contributed by atoms with Crippen LogP contribution in [0.4, 0.5) is 10.5 Å². The molecule has 164 valence electrons. The number of aromatic nitrogens is 2. The van der Waals surface area contributed by atoms with Crippen LogP contribution in [-0.2, 0) is 17.1 Å². The summed E-state index contributed by atoms with van der Waals surface area (Å²) in [7, 11) is -1.93. The van der Waals surface area contributed by atoms with E-state index in [0.717, 1.165) is 16.5 Å². The Labute approximate surface area is 182 Å². The summed E-state index contributed by atoms with van der Waals surface area (Å²) in [6.07, 6.45) is 0.570. The van der Waals surface area contributed by atoms with Gasteiger partial charge in [0, 0.05) is 38.6 Å². The van der Waals surface area contributed by atoms with Gasteiger partial charge >= 0.3 is 6.03 Å². The minimum Gasteiger partial charge on any atom is -0.323 e. The normalized spacial score (nSPS) is 15.8. The maximum atomic E-state index is 13.3. The van der Waals surface area contributed by atoms with Crippen molar-refractivity contribution in [2.75, 3.05) is 31.5 Å². The Balaban J connectivity index is 1.49. The van der Waals surface area contributed by atoms with Gasteiger partial charge in [0.25, 0.3) is 0 Å². The van der Waals surface area contributed by atoms with Gasteiger partial charge in [-0.25, -0.2) is 13.2 Å². The van der Waals surface area contributed by atoms with Crippen molar-refractivity contribution in [1.29, 1.82) is 0 Å². The van der Waals surface area contributed by atoms with Gasteiger partial charge in [0.1, 0.15) is 4.90 Å². The van der Waals surface area contributed by atoms with Crippen molar-refractivity contribution in [3.63, 3.8) is 0 Å². The van der Waals surface area contributed by atoms with Gasteiger partial charge in [-0.15, -0.1) is 0 Å². The highest BCUT2D eigenvalue weighted by Gasteiger charge is 2.32. The average Bonchev–Trinajstić information content (AvgIpc) is 2.91. The first-order valence-electron chi connectivity index (χ1n) is 10.3. The minimum atomic E-state index is -3.67. The van der Waals surface area contributed by atoms with Crippen LogP contribution < -0.4 is 5.32 Å². The fourth-order valence-electron chi connectivity index (χ4n) is 4.12. The van der Waals surface area contributed by atoms with Gasteiger partial charge in [-0.1, -0.05) is 36.4 Å².